The van der Waals surface area contributed by atoms with Crippen LogP contribution in [0.5, 0.6) is 0 Å². The van der Waals surface area contributed by atoms with Crippen LogP contribution >= 0.6 is 11.3 Å². The summed E-state index contributed by atoms with van der Waals surface area (Å²) >= 11 is 2.07. The molecular weight excluding hydrogens is 695 g/mol. The smallest absolute Gasteiger partial charge is 0.264 e. The van der Waals surface area contributed by atoms with E-state index in [1.807, 2.05) is 0 Å². The molecule has 4 atom stereocenters. The summed E-state index contributed by atoms with van der Waals surface area (Å²) in [5.41, 5.74) is 18.8. The first-order valence-corrected chi connectivity index (χ1v) is 22.4. The van der Waals surface area contributed by atoms with Crippen molar-refractivity contribution in [2.75, 3.05) is 9.80 Å². The molecule has 2 nitrogen and oxygen atoms in total. The van der Waals surface area contributed by atoms with Crippen LogP contribution in [-0.2, 0) is 16.2 Å². The maximum atomic E-state index is 2.70. The Kier molecular flexibility index (Phi) is 6.91. The number of hydrogen-bond acceptors (Lipinski definition) is 3. The molecule has 3 bridgehead atoms. The average molecular weight is 749 g/mol. The fourth-order valence-electron chi connectivity index (χ4n) is 13.3. The lowest BCUT2D eigenvalue weighted by Gasteiger charge is -2.47. The number of hydrogen-bond donors (Lipinski definition) is 0. The topological polar surface area (TPSA) is 6.48 Å². The van der Waals surface area contributed by atoms with Gasteiger partial charge in [-0.3, -0.25) is 0 Å². The highest BCUT2D eigenvalue weighted by atomic mass is 32.1. The molecule has 3 heterocycles. The molecule has 56 heavy (non-hydrogen) atoms. The number of thiophene rings is 1. The Morgan fingerprint density at radius 1 is 0.643 bits per heavy atom. The van der Waals surface area contributed by atoms with Crippen LogP contribution in [0.25, 0.3) is 10.1 Å². The van der Waals surface area contributed by atoms with Crippen LogP contribution in [0.4, 0.5) is 34.1 Å². The minimum absolute atomic E-state index is 0.113. The number of nitrogens with zero attached hydrogens (tertiary/aromatic N) is 2. The van der Waals surface area contributed by atoms with Crippen molar-refractivity contribution in [3.63, 3.8) is 0 Å². The first kappa shape index (κ1) is 33.8. The normalized spacial score (nSPS) is 25.9. The molecule has 0 radical (unpaired) electrons. The Labute approximate surface area is 338 Å². The van der Waals surface area contributed by atoms with Crippen molar-refractivity contribution >= 4 is 78.0 Å². The zero-order valence-electron chi connectivity index (χ0n) is 34.0. The van der Waals surface area contributed by atoms with Crippen molar-refractivity contribution in [2.45, 2.75) is 109 Å². The number of para-hydroxylation sites is 2. The Balaban J connectivity index is 1.17. The lowest BCUT2D eigenvalue weighted by atomic mass is 9.35. The summed E-state index contributed by atoms with van der Waals surface area (Å²) in [4.78, 5) is 5.32. The van der Waals surface area contributed by atoms with Gasteiger partial charge in [-0.05, 0) is 180 Å². The molecule has 1 aromatic heterocycles. The number of fused-ring (bicyclic) bond motifs is 9. The number of rotatable bonds is 3. The standard InChI is InChI=1S/C52H53BN2S/c1-31-12-10-13-32(2)47(31)55-43-17-11-16-42-46(43)53(41-27-39-40(28-44(41)55)51(5,6)23-22-50(39,3)4)49-48(54(42)37-14-8-7-9-15-37)38-26-36(18-19-45(38)56-49)52-21-20-34-24-33(29-52)25-35(34)30-52/h7-19,26-28,33-35H,20-25,29-30H2,1-6H3. The van der Waals surface area contributed by atoms with E-state index in [1.54, 1.807) is 11.1 Å². The van der Waals surface area contributed by atoms with Gasteiger partial charge in [0, 0.05) is 37.6 Å². The van der Waals surface area contributed by atoms with Crippen molar-refractivity contribution in [3.8, 4) is 0 Å². The summed E-state index contributed by atoms with van der Waals surface area (Å²) in [6.45, 7) is 14.7. The van der Waals surface area contributed by atoms with E-state index in [1.165, 1.54) is 128 Å². The number of anilines is 6. The van der Waals surface area contributed by atoms with Gasteiger partial charge in [0.15, 0.2) is 0 Å². The highest BCUT2D eigenvalue weighted by molar-refractivity contribution is 7.33. The summed E-state index contributed by atoms with van der Waals surface area (Å²) in [6, 6.07) is 38.4. The quantitative estimate of drug-likeness (QED) is 0.166. The van der Waals surface area contributed by atoms with Crippen LogP contribution in [-0.4, -0.2) is 6.71 Å². The van der Waals surface area contributed by atoms with Gasteiger partial charge in [-0.25, -0.2) is 0 Å². The van der Waals surface area contributed by atoms with Gasteiger partial charge in [-0.1, -0.05) is 82.3 Å². The van der Waals surface area contributed by atoms with Crippen LogP contribution < -0.4 is 25.5 Å². The summed E-state index contributed by atoms with van der Waals surface area (Å²) in [5, 5.41) is 1.45. The van der Waals surface area contributed by atoms with Crippen molar-refractivity contribution < 1.29 is 0 Å². The van der Waals surface area contributed by atoms with Crippen molar-refractivity contribution in [1.29, 1.82) is 0 Å². The maximum Gasteiger partial charge on any atom is 0.264 e. The molecule has 4 aliphatic carbocycles. The molecule has 3 fully saturated rings. The molecule has 6 aliphatic rings. The third-order valence-corrected chi connectivity index (χ3v) is 17.3. The molecule has 2 aliphatic heterocycles. The van der Waals surface area contributed by atoms with Crippen LogP contribution in [0.3, 0.4) is 0 Å². The maximum absolute atomic E-state index is 2.70. The van der Waals surface area contributed by atoms with E-state index in [0.717, 1.165) is 17.8 Å². The fourth-order valence-corrected chi connectivity index (χ4v) is 14.6. The molecule has 3 saturated carbocycles. The summed E-state index contributed by atoms with van der Waals surface area (Å²) < 4.78 is 2.93. The molecule has 4 heteroatoms. The van der Waals surface area contributed by atoms with Gasteiger partial charge in [0.25, 0.3) is 6.71 Å². The van der Waals surface area contributed by atoms with E-state index in [4.69, 9.17) is 0 Å². The monoisotopic (exact) mass is 748 g/mol. The molecule has 280 valence electrons. The Bertz CT molecular complexity index is 2610. The second kappa shape index (κ2) is 11.4. The van der Waals surface area contributed by atoms with Crippen LogP contribution in [0, 0.1) is 31.6 Å². The fraction of sp³-hybridized carbons (Fsp3) is 0.385. The third kappa shape index (κ3) is 4.51. The summed E-state index contributed by atoms with van der Waals surface area (Å²) in [6.07, 6.45) is 11.0. The minimum atomic E-state index is 0.113. The lowest BCUT2D eigenvalue weighted by Crippen LogP contribution is -2.61. The molecular formula is C52H53BN2S. The highest BCUT2D eigenvalue weighted by Gasteiger charge is 2.53. The van der Waals surface area contributed by atoms with E-state index in [9.17, 15) is 0 Å². The van der Waals surface area contributed by atoms with Gasteiger partial charge in [0.1, 0.15) is 0 Å². The SMILES string of the molecule is Cc1cccc(C)c1N1c2cc3c(cc2B2c4sc5ccc(C67CCC8CC(CC8C6)C7)cc5c4N(c4ccccc4)c4cccc1c42)C(C)(C)CCC3(C)C. The minimum Gasteiger partial charge on any atom is -0.311 e. The van der Waals surface area contributed by atoms with Crippen molar-refractivity contribution in [1.82, 2.24) is 0 Å². The molecule has 6 aromatic rings. The number of benzene rings is 5. The Hall–Kier alpha value is -4.28. The summed E-state index contributed by atoms with van der Waals surface area (Å²) in [7, 11) is 0. The Morgan fingerprint density at radius 2 is 1.34 bits per heavy atom. The van der Waals surface area contributed by atoms with Crippen molar-refractivity contribution in [3.05, 3.63) is 125 Å². The second-order valence-corrected chi connectivity index (χ2v) is 21.3. The average Bonchev–Trinajstić information content (AvgIpc) is 3.66. The molecule has 0 amide bonds. The van der Waals surface area contributed by atoms with E-state index in [0.29, 0.717) is 5.41 Å². The lowest BCUT2D eigenvalue weighted by molar-refractivity contribution is 0.139. The van der Waals surface area contributed by atoms with Crippen molar-refractivity contribution in [2.24, 2.45) is 17.8 Å². The Morgan fingerprint density at radius 3 is 2.11 bits per heavy atom. The van der Waals surface area contributed by atoms with Gasteiger partial charge in [-0.15, -0.1) is 11.3 Å². The van der Waals surface area contributed by atoms with Gasteiger partial charge in [-0.2, -0.15) is 0 Å². The predicted molar refractivity (Wildman–Crippen MR) is 240 cm³/mol. The van der Waals surface area contributed by atoms with Crippen LogP contribution in [0.15, 0.2) is 97.1 Å². The van der Waals surface area contributed by atoms with Crippen LogP contribution in [0.1, 0.15) is 107 Å². The number of aryl methyl sites for hydroxylation is 2. The molecule has 0 saturated heterocycles. The van der Waals surface area contributed by atoms with E-state index in [-0.39, 0.29) is 17.5 Å². The van der Waals surface area contributed by atoms with Gasteiger partial charge < -0.3 is 9.80 Å². The predicted octanol–water partition coefficient (Wildman–Crippen LogP) is 12.4. The zero-order valence-corrected chi connectivity index (χ0v) is 34.8. The van der Waals surface area contributed by atoms with Gasteiger partial charge in [0.05, 0.1) is 11.4 Å². The molecule has 0 N–H and O–H groups in total. The molecule has 0 spiro atoms. The van der Waals surface area contributed by atoms with Gasteiger partial charge in [0.2, 0.25) is 0 Å². The zero-order chi connectivity index (χ0) is 37.9. The molecule has 5 aromatic carbocycles. The molecule has 12 rings (SSSR count). The second-order valence-electron chi connectivity index (χ2n) is 20.2. The largest absolute Gasteiger partial charge is 0.311 e. The van der Waals surface area contributed by atoms with Crippen LogP contribution in [0.2, 0.25) is 0 Å². The molecule has 4 unspecified atom stereocenters. The van der Waals surface area contributed by atoms with E-state index in [2.05, 4.69) is 160 Å². The van der Waals surface area contributed by atoms with E-state index < -0.39 is 0 Å². The highest BCUT2D eigenvalue weighted by Crippen LogP contribution is 2.62. The first-order chi connectivity index (χ1) is 27.0. The van der Waals surface area contributed by atoms with Gasteiger partial charge >= 0.3 is 0 Å². The third-order valence-electron chi connectivity index (χ3n) is 16.1. The summed E-state index contributed by atoms with van der Waals surface area (Å²) in [5.74, 6) is 2.86. The first-order valence-electron chi connectivity index (χ1n) is 21.6. The van der Waals surface area contributed by atoms with E-state index >= 15 is 0 Å².